The fraction of sp³-hybridized carbons (Fsp3) is 0.500. The minimum atomic E-state index is 0.139. The van der Waals surface area contributed by atoms with Crippen LogP contribution in [-0.2, 0) is 0 Å². The molecule has 2 heteroatoms. The molecule has 0 saturated carbocycles. The maximum absolute atomic E-state index is 5.40. The van der Waals surface area contributed by atoms with E-state index in [0.29, 0.717) is 5.88 Å². The maximum Gasteiger partial charge on any atom is 0.0660 e. The van der Waals surface area contributed by atoms with Gasteiger partial charge >= 0.3 is 0 Å². The molecule has 0 saturated heterocycles. The Morgan fingerprint density at radius 3 is 2.90 bits per heavy atom. The lowest BCUT2D eigenvalue weighted by molar-refractivity contribution is 0.703. The Kier molecular flexibility index (Phi) is 6.37. The number of allylic oxidation sites excluding steroid dienone is 1. The van der Waals surface area contributed by atoms with Crippen molar-refractivity contribution in [1.82, 2.24) is 5.32 Å². The minimum Gasteiger partial charge on any atom is -0.300 e. The standard InChI is InChI=1S/C8H12ClN/c1-3-8(2)10-7-5-4-6-9/h1,4-5,8,10H,6-7H2,2H3/b5-4+. The van der Waals surface area contributed by atoms with Gasteiger partial charge in [0.1, 0.15) is 0 Å². The van der Waals surface area contributed by atoms with E-state index in [2.05, 4.69) is 11.2 Å². The van der Waals surface area contributed by atoms with Crippen molar-refractivity contribution in [3.63, 3.8) is 0 Å². The van der Waals surface area contributed by atoms with Crippen LogP contribution in [0.25, 0.3) is 0 Å². The molecule has 0 amide bonds. The first-order chi connectivity index (χ1) is 4.81. The fourth-order valence-electron chi connectivity index (χ4n) is 0.450. The lowest BCUT2D eigenvalue weighted by atomic mass is 10.3. The molecule has 0 spiro atoms. The van der Waals surface area contributed by atoms with E-state index in [9.17, 15) is 0 Å². The number of halogens is 1. The van der Waals surface area contributed by atoms with Crippen LogP contribution in [0.15, 0.2) is 12.2 Å². The van der Waals surface area contributed by atoms with Crippen molar-refractivity contribution < 1.29 is 0 Å². The molecule has 10 heavy (non-hydrogen) atoms. The average molecular weight is 158 g/mol. The van der Waals surface area contributed by atoms with Gasteiger partial charge in [0.05, 0.1) is 6.04 Å². The highest BCUT2D eigenvalue weighted by Crippen LogP contribution is 1.79. The molecule has 0 bridgehead atoms. The quantitative estimate of drug-likeness (QED) is 0.370. The van der Waals surface area contributed by atoms with E-state index in [1.54, 1.807) is 0 Å². The maximum atomic E-state index is 5.40. The lowest BCUT2D eigenvalue weighted by Gasteiger charge is -2.01. The van der Waals surface area contributed by atoms with E-state index in [0.717, 1.165) is 6.54 Å². The van der Waals surface area contributed by atoms with Crippen molar-refractivity contribution in [1.29, 1.82) is 0 Å². The van der Waals surface area contributed by atoms with Gasteiger partial charge in [-0.2, -0.15) is 0 Å². The van der Waals surface area contributed by atoms with Crippen molar-refractivity contribution in [3.05, 3.63) is 12.2 Å². The summed E-state index contributed by atoms with van der Waals surface area (Å²) in [6, 6.07) is 0.139. The first-order valence-corrected chi connectivity index (χ1v) is 3.75. The molecule has 0 aromatic heterocycles. The second-order valence-corrected chi connectivity index (χ2v) is 2.23. The van der Waals surface area contributed by atoms with Crippen molar-refractivity contribution in [2.75, 3.05) is 12.4 Å². The molecular formula is C8H12ClN. The smallest absolute Gasteiger partial charge is 0.0660 e. The predicted octanol–water partition coefficient (Wildman–Crippen LogP) is 1.39. The van der Waals surface area contributed by atoms with E-state index in [1.165, 1.54) is 0 Å². The van der Waals surface area contributed by atoms with Crippen molar-refractivity contribution in [2.45, 2.75) is 13.0 Å². The Morgan fingerprint density at radius 1 is 1.70 bits per heavy atom. The molecule has 0 radical (unpaired) electrons. The third-order valence-electron chi connectivity index (χ3n) is 1.05. The third-order valence-corrected chi connectivity index (χ3v) is 1.23. The molecule has 56 valence electrons. The molecule has 1 atom stereocenters. The second kappa shape index (κ2) is 6.67. The molecule has 0 fully saturated rings. The Hall–Kier alpha value is -0.450. The zero-order chi connectivity index (χ0) is 7.82. The van der Waals surface area contributed by atoms with Crippen molar-refractivity contribution >= 4 is 11.6 Å². The van der Waals surface area contributed by atoms with E-state index in [-0.39, 0.29) is 6.04 Å². The number of terminal acetylenes is 1. The molecule has 0 heterocycles. The van der Waals surface area contributed by atoms with Gasteiger partial charge in [0, 0.05) is 12.4 Å². The number of alkyl halides is 1. The zero-order valence-corrected chi connectivity index (χ0v) is 6.86. The molecule has 0 aliphatic heterocycles. The third kappa shape index (κ3) is 5.68. The van der Waals surface area contributed by atoms with Crippen LogP contribution in [0.5, 0.6) is 0 Å². The van der Waals surface area contributed by atoms with Crippen molar-refractivity contribution in [2.24, 2.45) is 0 Å². The summed E-state index contributed by atoms with van der Waals surface area (Å²) in [6.07, 6.45) is 8.97. The summed E-state index contributed by atoms with van der Waals surface area (Å²) in [4.78, 5) is 0. The van der Waals surface area contributed by atoms with E-state index < -0.39 is 0 Å². The molecule has 0 aliphatic rings. The van der Waals surface area contributed by atoms with Crippen LogP contribution in [0, 0.1) is 12.3 Å². The van der Waals surface area contributed by atoms with E-state index >= 15 is 0 Å². The van der Waals surface area contributed by atoms with Crippen molar-refractivity contribution in [3.8, 4) is 12.3 Å². The first kappa shape index (κ1) is 9.55. The van der Waals surface area contributed by atoms with Crippen LogP contribution in [0.3, 0.4) is 0 Å². The Labute approximate surface area is 67.5 Å². The Morgan fingerprint density at radius 2 is 2.40 bits per heavy atom. The van der Waals surface area contributed by atoms with Gasteiger partial charge in [-0.05, 0) is 6.92 Å². The normalized spacial score (nSPS) is 13.3. The monoisotopic (exact) mass is 157 g/mol. The SMILES string of the molecule is C#CC(C)NC/C=C/CCl. The van der Waals surface area contributed by atoms with Gasteiger partial charge in [0.15, 0.2) is 0 Å². The molecule has 0 aromatic rings. The number of rotatable bonds is 4. The summed E-state index contributed by atoms with van der Waals surface area (Å²) in [5, 5.41) is 3.09. The lowest BCUT2D eigenvalue weighted by Crippen LogP contribution is -2.23. The second-order valence-electron chi connectivity index (χ2n) is 1.92. The number of nitrogens with one attached hydrogen (secondary N) is 1. The molecule has 1 N–H and O–H groups in total. The van der Waals surface area contributed by atoms with Gasteiger partial charge in [0.2, 0.25) is 0 Å². The Balaban J connectivity index is 3.21. The summed E-state index contributed by atoms with van der Waals surface area (Å²) in [7, 11) is 0. The van der Waals surface area contributed by atoms with Crippen LogP contribution in [0.1, 0.15) is 6.92 Å². The molecule has 0 rings (SSSR count). The van der Waals surface area contributed by atoms with Crippen LogP contribution in [0.4, 0.5) is 0 Å². The molecule has 1 nitrogen and oxygen atoms in total. The largest absolute Gasteiger partial charge is 0.300 e. The molecule has 0 aromatic carbocycles. The topological polar surface area (TPSA) is 12.0 Å². The van der Waals surface area contributed by atoms with Crippen LogP contribution >= 0.6 is 11.6 Å². The van der Waals surface area contributed by atoms with Crippen LogP contribution < -0.4 is 5.32 Å². The number of hydrogen-bond acceptors (Lipinski definition) is 1. The molecule has 0 aliphatic carbocycles. The molecule has 1 unspecified atom stereocenters. The number of hydrogen-bond donors (Lipinski definition) is 1. The summed E-state index contributed by atoms with van der Waals surface area (Å²) < 4.78 is 0. The first-order valence-electron chi connectivity index (χ1n) is 3.21. The summed E-state index contributed by atoms with van der Waals surface area (Å²) in [6.45, 7) is 2.73. The van der Waals surface area contributed by atoms with Gasteiger partial charge in [-0.3, -0.25) is 0 Å². The van der Waals surface area contributed by atoms with Gasteiger partial charge in [0.25, 0.3) is 0 Å². The minimum absolute atomic E-state index is 0.139. The highest BCUT2D eigenvalue weighted by atomic mass is 35.5. The highest BCUT2D eigenvalue weighted by Gasteiger charge is 1.88. The Bertz CT molecular complexity index is 135. The van der Waals surface area contributed by atoms with Gasteiger partial charge in [-0.25, -0.2) is 0 Å². The average Bonchev–Trinajstić information content (AvgIpc) is 1.98. The zero-order valence-electron chi connectivity index (χ0n) is 6.10. The van der Waals surface area contributed by atoms with E-state index in [1.807, 2.05) is 19.1 Å². The van der Waals surface area contributed by atoms with Gasteiger partial charge in [-0.1, -0.05) is 18.1 Å². The summed E-state index contributed by atoms with van der Waals surface area (Å²) in [5.41, 5.74) is 0. The van der Waals surface area contributed by atoms with Crippen LogP contribution in [-0.4, -0.2) is 18.5 Å². The van der Waals surface area contributed by atoms with Gasteiger partial charge < -0.3 is 5.32 Å². The van der Waals surface area contributed by atoms with Gasteiger partial charge in [-0.15, -0.1) is 18.0 Å². The summed E-state index contributed by atoms with van der Waals surface area (Å²) in [5.74, 6) is 3.13. The molecular weight excluding hydrogens is 146 g/mol. The predicted molar refractivity (Wildman–Crippen MR) is 46.2 cm³/mol. The fourth-order valence-corrected chi connectivity index (χ4v) is 0.576. The van der Waals surface area contributed by atoms with E-state index in [4.69, 9.17) is 18.0 Å². The highest BCUT2D eigenvalue weighted by molar-refractivity contribution is 6.18. The van der Waals surface area contributed by atoms with Crippen LogP contribution in [0.2, 0.25) is 0 Å². The summed E-state index contributed by atoms with van der Waals surface area (Å²) >= 11 is 5.40.